The lowest BCUT2D eigenvalue weighted by molar-refractivity contribution is -0.137. The van der Waals surface area contributed by atoms with E-state index in [9.17, 15) is 18.0 Å². The van der Waals surface area contributed by atoms with Crippen molar-refractivity contribution in [2.75, 3.05) is 36.4 Å². The highest BCUT2D eigenvalue weighted by Gasteiger charge is 2.30. The third-order valence-corrected chi connectivity index (χ3v) is 6.51. The maximum absolute atomic E-state index is 13.1. The minimum atomic E-state index is -4.41. The van der Waals surface area contributed by atoms with Crippen molar-refractivity contribution in [1.82, 2.24) is 15.1 Å². The molecule has 5 rings (SSSR count). The Morgan fingerprint density at radius 2 is 1.59 bits per heavy atom. The number of hydrogen-bond acceptors (Lipinski definition) is 4. The monoisotopic (exact) mass is 505 g/mol. The van der Waals surface area contributed by atoms with E-state index in [0.717, 1.165) is 56.2 Å². The van der Waals surface area contributed by atoms with E-state index >= 15 is 0 Å². The molecule has 9 heteroatoms. The summed E-state index contributed by atoms with van der Waals surface area (Å²) < 4.78 is 38.8. The standard InChI is InChI=1S/C28H26F3N5O/c29-28(30,31)21-7-5-20(6-8-21)25-3-1-2-4-26(25)27(37)33-22-9-11-24(12-10-22)36-17-15-35(16-18-36)19-23-13-14-32-34-23/h1-14H,15-19H2,(H,32,34)(H,33,37). The number of carbonyl (C=O) groups excluding carboxylic acids is 1. The first-order valence-corrected chi connectivity index (χ1v) is 12.0. The van der Waals surface area contributed by atoms with Gasteiger partial charge in [0, 0.05) is 61.6 Å². The molecular formula is C28H26F3N5O. The van der Waals surface area contributed by atoms with Crippen LogP contribution in [0.15, 0.2) is 85.1 Å². The van der Waals surface area contributed by atoms with E-state index in [-0.39, 0.29) is 5.91 Å². The Hall–Kier alpha value is -4.11. The number of alkyl halides is 3. The maximum Gasteiger partial charge on any atom is 0.416 e. The number of aromatic nitrogens is 2. The Labute approximate surface area is 212 Å². The van der Waals surface area contributed by atoms with Crippen LogP contribution in [0.5, 0.6) is 0 Å². The molecule has 1 saturated heterocycles. The van der Waals surface area contributed by atoms with Gasteiger partial charge < -0.3 is 10.2 Å². The highest BCUT2D eigenvalue weighted by Crippen LogP contribution is 2.32. The summed E-state index contributed by atoms with van der Waals surface area (Å²) in [7, 11) is 0. The van der Waals surface area contributed by atoms with Crippen LogP contribution < -0.4 is 10.2 Å². The van der Waals surface area contributed by atoms with Crippen molar-refractivity contribution in [3.05, 3.63) is 102 Å². The van der Waals surface area contributed by atoms with E-state index in [1.165, 1.54) is 12.1 Å². The molecule has 0 aliphatic carbocycles. The fourth-order valence-electron chi connectivity index (χ4n) is 4.50. The molecule has 0 saturated carbocycles. The van der Waals surface area contributed by atoms with E-state index in [4.69, 9.17) is 0 Å². The Morgan fingerprint density at radius 3 is 2.24 bits per heavy atom. The molecule has 0 radical (unpaired) electrons. The van der Waals surface area contributed by atoms with E-state index in [1.807, 2.05) is 30.3 Å². The fraction of sp³-hybridized carbons (Fsp3) is 0.214. The summed E-state index contributed by atoms with van der Waals surface area (Å²) in [5.74, 6) is -0.323. The number of rotatable bonds is 6. The van der Waals surface area contributed by atoms with Crippen LogP contribution in [0.1, 0.15) is 21.6 Å². The minimum absolute atomic E-state index is 0.323. The number of H-pyrrole nitrogens is 1. The SMILES string of the molecule is O=C(Nc1ccc(N2CCN(Cc3ccn[nH]3)CC2)cc1)c1ccccc1-c1ccc(C(F)(F)F)cc1. The van der Waals surface area contributed by atoms with Crippen molar-refractivity contribution in [2.45, 2.75) is 12.7 Å². The lowest BCUT2D eigenvalue weighted by Crippen LogP contribution is -2.46. The van der Waals surface area contributed by atoms with Crippen molar-refractivity contribution in [3.63, 3.8) is 0 Å². The molecule has 6 nitrogen and oxygen atoms in total. The maximum atomic E-state index is 13.1. The molecular weight excluding hydrogens is 479 g/mol. The Bertz CT molecular complexity index is 1330. The Balaban J connectivity index is 1.22. The fourth-order valence-corrected chi connectivity index (χ4v) is 4.50. The number of hydrogen-bond donors (Lipinski definition) is 2. The molecule has 1 amide bonds. The minimum Gasteiger partial charge on any atom is -0.369 e. The molecule has 3 aromatic carbocycles. The van der Waals surface area contributed by atoms with Gasteiger partial charge in [-0.3, -0.25) is 14.8 Å². The van der Waals surface area contributed by atoms with Crippen molar-refractivity contribution >= 4 is 17.3 Å². The molecule has 190 valence electrons. The summed E-state index contributed by atoms with van der Waals surface area (Å²) in [6.07, 6.45) is -2.64. The second kappa shape index (κ2) is 10.5. The summed E-state index contributed by atoms with van der Waals surface area (Å²) in [6, 6.07) is 21.4. The molecule has 0 atom stereocenters. The summed E-state index contributed by atoms with van der Waals surface area (Å²) >= 11 is 0. The molecule has 2 heterocycles. The Morgan fingerprint density at radius 1 is 0.892 bits per heavy atom. The number of benzene rings is 3. The molecule has 0 unspecified atom stereocenters. The van der Waals surface area contributed by atoms with Gasteiger partial charge in [0.2, 0.25) is 0 Å². The number of anilines is 2. The van der Waals surface area contributed by atoms with Gasteiger partial charge in [-0.05, 0) is 59.7 Å². The number of piperazine rings is 1. The van der Waals surface area contributed by atoms with Gasteiger partial charge >= 0.3 is 6.18 Å². The quantitative estimate of drug-likeness (QED) is 0.355. The number of carbonyl (C=O) groups is 1. The highest BCUT2D eigenvalue weighted by molar-refractivity contribution is 6.08. The van der Waals surface area contributed by atoms with Gasteiger partial charge in [-0.15, -0.1) is 0 Å². The van der Waals surface area contributed by atoms with Gasteiger partial charge in [0.15, 0.2) is 0 Å². The topological polar surface area (TPSA) is 64.3 Å². The van der Waals surface area contributed by atoms with Crippen LogP contribution in [0.25, 0.3) is 11.1 Å². The molecule has 0 spiro atoms. The lowest BCUT2D eigenvalue weighted by Gasteiger charge is -2.35. The van der Waals surface area contributed by atoms with E-state index in [0.29, 0.717) is 22.4 Å². The van der Waals surface area contributed by atoms with Crippen LogP contribution in [0.4, 0.5) is 24.5 Å². The van der Waals surface area contributed by atoms with E-state index in [1.54, 1.807) is 30.5 Å². The van der Waals surface area contributed by atoms with Crippen LogP contribution in [0.3, 0.4) is 0 Å². The van der Waals surface area contributed by atoms with Gasteiger partial charge in [0.05, 0.1) is 5.56 Å². The molecule has 1 fully saturated rings. The second-order valence-electron chi connectivity index (χ2n) is 8.97. The van der Waals surface area contributed by atoms with Gasteiger partial charge in [-0.1, -0.05) is 30.3 Å². The van der Waals surface area contributed by atoms with Crippen LogP contribution in [-0.4, -0.2) is 47.2 Å². The first-order valence-electron chi connectivity index (χ1n) is 12.0. The normalized spacial score (nSPS) is 14.5. The largest absolute Gasteiger partial charge is 0.416 e. The number of nitrogens with one attached hydrogen (secondary N) is 2. The third kappa shape index (κ3) is 5.83. The molecule has 1 aliphatic rings. The summed E-state index contributed by atoms with van der Waals surface area (Å²) in [5, 5.41) is 9.91. The zero-order valence-electron chi connectivity index (χ0n) is 20.0. The van der Waals surface area contributed by atoms with E-state index in [2.05, 4.69) is 25.3 Å². The zero-order chi connectivity index (χ0) is 25.8. The first kappa shape index (κ1) is 24.6. The average Bonchev–Trinajstić information content (AvgIpc) is 3.42. The summed E-state index contributed by atoms with van der Waals surface area (Å²) in [6.45, 7) is 4.55. The second-order valence-corrected chi connectivity index (χ2v) is 8.97. The van der Waals surface area contributed by atoms with E-state index < -0.39 is 11.7 Å². The van der Waals surface area contributed by atoms with Crippen LogP contribution >= 0.6 is 0 Å². The number of halogens is 3. The van der Waals surface area contributed by atoms with Gasteiger partial charge in [0.25, 0.3) is 5.91 Å². The first-order chi connectivity index (χ1) is 17.9. The molecule has 4 aromatic rings. The van der Waals surface area contributed by atoms with Crippen LogP contribution in [0.2, 0.25) is 0 Å². The molecule has 1 aliphatic heterocycles. The number of amides is 1. The average molecular weight is 506 g/mol. The van der Waals surface area contributed by atoms with Gasteiger partial charge in [-0.25, -0.2) is 0 Å². The Kier molecular flexibility index (Phi) is 6.96. The number of aromatic amines is 1. The lowest BCUT2D eigenvalue weighted by atomic mass is 9.98. The molecule has 1 aromatic heterocycles. The summed E-state index contributed by atoms with van der Waals surface area (Å²) in [4.78, 5) is 17.8. The van der Waals surface area contributed by atoms with Crippen molar-refractivity contribution in [1.29, 1.82) is 0 Å². The predicted molar refractivity (Wildman–Crippen MR) is 137 cm³/mol. The van der Waals surface area contributed by atoms with Crippen molar-refractivity contribution in [2.24, 2.45) is 0 Å². The zero-order valence-corrected chi connectivity index (χ0v) is 20.0. The van der Waals surface area contributed by atoms with Crippen molar-refractivity contribution in [3.8, 4) is 11.1 Å². The third-order valence-electron chi connectivity index (χ3n) is 6.51. The predicted octanol–water partition coefficient (Wildman–Crippen LogP) is 5.67. The van der Waals surface area contributed by atoms with Crippen LogP contribution in [-0.2, 0) is 12.7 Å². The van der Waals surface area contributed by atoms with Crippen LogP contribution in [0, 0.1) is 0 Å². The van der Waals surface area contributed by atoms with Gasteiger partial charge in [0.1, 0.15) is 0 Å². The van der Waals surface area contributed by atoms with Gasteiger partial charge in [-0.2, -0.15) is 18.3 Å². The molecule has 2 N–H and O–H groups in total. The molecule has 37 heavy (non-hydrogen) atoms. The van der Waals surface area contributed by atoms with Crippen molar-refractivity contribution < 1.29 is 18.0 Å². The number of nitrogens with zero attached hydrogens (tertiary/aromatic N) is 3. The highest BCUT2D eigenvalue weighted by atomic mass is 19.4. The smallest absolute Gasteiger partial charge is 0.369 e. The summed E-state index contributed by atoms with van der Waals surface area (Å²) in [5.41, 5.74) is 3.61. The molecule has 0 bridgehead atoms.